The summed E-state index contributed by atoms with van der Waals surface area (Å²) in [6.07, 6.45) is 0.0708. The van der Waals surface area contributed by atoms with E-state index < -0.39 is 18.2 Å². The van der Waals surface area contributed by atoms with Crippen LogP contribution in [0.25, 0.3) is 0 Å². The zero-order valence-electron chi connectivity index (χ0n) is 11.6. The Balaban J connectivity index is 2.23. The molecule has 0 aliphatic carbocycles. The molecule has 0 fully saturated rings. The summed E-state index contributed by atoms with van der Waals surface area (Å²) >= 11 is 0. The van der Waals surface area contributed by atoms with E-state index in [2.05, 4.69) is 0 Å². The number of rotatable bonds is 4. The van der Waals surface area contributed by atoms with Crippen LogP contribution in [0, 0.1) is 5.92 Å². The number of aliphatic hydroxyl groups is 1. The molecule has 1 aromatic carbocycles. The quantitative estimate of drug-likeness (QED) is 0.847. The molecule has 0 aromatic heterocycles. The zero-order chi connectivity index (χ0) is 14.0. The highest BCUT2D eigenvalue weighted by molar-refractivity contribution is 5.95. The number of fused-ring (bicyclic) bond motifs is 1. The SMILES string of the molecule is COc1cccc2c1C(=O)O[C@H]([C@H](O)CC(C)C)C2. The summed E-state index contributed by atoms with van der Waals surface area (Å²) in [4.78, 5) is 12.1. The van der Waals surface area contributed by atoms with E-state index in [0.29, 0.717) is 30.1 Å². The number of ether oxygens (including phenoxy) is 2. The average Bonchev–Trinajstić information content (AvgIpc) is 2.36. The molecule has 1 N–H and O–H groups in total. The molecule has 2 rings (SSSR count). The van der Waals surface area contributed by atoms with Gasteiger partial charge in [0.1, 0.15) is 17.4 Å². The van der Waals surface area contributed by atoms with E-state index in [-0.39, 0.29) is 0 Å². The average molecular weight is 264 g/mol. The lowest BCUT2D eigenvalue weighted by molar-refractivity contribution is -0.0293. The Morgan fingerprint density at radius 1 is 1.47 bits per heavy atom. The molecular formula is C15H20O4. The third-order valence-corrected chi connectivity index (χ3v) is 3.36. The van der Waals surface area contributed by atoms with E-state index in [4.69, 9.17) is 9.47 Å². The monoisotopic (exact) mass is 264 g/mol. The van der Waals surface area contributed by atoms with Crippen LogP contribution in [-0.4, -0.2) is 30.4 Å². The number of carbonyl (C=O) groups is 1. The highest BCUT2D eigenvalue weighted by atomic mass is 16.6. The maximum absolute atomic E-state index is 12.1. The van der Waals surface area contributed by atoms with Gasteiger partial charge in [-0.15, -0.1) is 0 Å². The Kier molecular flexibility index (Phi) is 4.10. The molecule has 1 aromatic rings. The Hall–Kier alpha value is -1.55. The normalized spacial score (nSPS) is 19.8. The predicted octanol–water partition coefficient (Wildman–Crippen LogP) is 2.18. The third-order valence-electron chi connectivity index (χ3n) is 3.36. The number of cyclic esters (lactones) is 1. The van der Waals surface area contributed by atoms with Crippen molar-refractivity contribution in [3.8, 4) is 5.75 Å². The highest BCUT2D eigenvalue weighted by Crippen LogP contribution is 2.30. The van der Waals surface area contributed by atoms with Gasteiger partial charge in [0.05, 0.1) is 13.2 Å². The molecule has 104 valence electrons. The molecule has 0 saturated carbocycles. The van der Waals surface area contributed by atoms with Crippen molar-refractivity contribution in [2.45, 2.75) is 38.9 Å². The lowest BCUT2D eigenvalue weighted by Crippen LogP contribution is -2.38. The standard InChI is InChI=1S/C15H20O4/c1-9(2)7-11(16)13-8-10-5-4-6-12(18-3)14(10)15(17)19-13/h4-6,9,11,13,16H,7-8H2,1-3H3/t11-,13+/m1/s1. The fraction of sp³-hybridized carbons (Fsp3) is 0.533. The highest BCUT2D eigenvalue weighted by Gasteiger charge is 2.33. The fourth-order valence-electron chi connectivity index (χ4n) is 2.45. The van der Waals surface area contributed by atoms with Gasteiger partial charge in [-0.25, -0.2) is 4.79 Å². The van der Waals surface area contributed by atoms with Crippen LogP contribution in [0.1, 0.15) is 36.2 Å². The van der Waals surface area contributed by atoms with Gasteiger partial charge in [-0.3, -0.25) is 0 Å². The Labute approximate surface area is 113 Å². The van der Waals surface area contributed by atoms with Gasteiger partial charge < -0.3 is 14.6 Å². The van der Waals surface area contributed by atoms with Gasteiger partial charge in [0, 0.05) is 6.42 Å². The van der Waals surface area contributed by atoms with Crippen LogP contribution in [0.2, 0.25) is 0 Å². The first-order chi connectivity index (χ1) is 9.02. The number of esters is 1. The number of carbonyl (C=O) groups excluding carboxylic acids is 1. The van der Waals surface area contributed by atoms with Crippen molar-refractivity contribution in [2.24, 2.45) is 5.92 Å². The molecule has 0 saturated heterocycles. The summed E-state index contributed by atoms with van der Waals surface area (Å²) in [5.41, 5.74) is 1.36. The number of hydrogen-bond acceptors (Lipinski definition) is 4. The van der Waals surface area contributed by atoms with E-state index in [1.807, 2.05) is 26.0 Å². The first-order valence-electron chi connectivity index (χ1n) is 6.57. The van der Waals surface area contributed by atoms with Gasteiger partial charge in [0.15, 0.2) is 0 Å². The van der Waals surface area contributed by atoms with E-state index >= 15 is 0 Å². The Morgan fingerprint density at radius 2 is 2.21 bits per heavy atom. The van der Waals surface area contributed by atoms with Crippen LogP contribution in [-0.2, 0) is 11.2 Å². The maximum Gasteiger partial charge on any atom is 0.342 e. The van der Waals surface area contributed by atoms with Crippen LogP contribution < -0.4 is 4.74 Å². The minimum atomic E-state index is -0.622. The summed E-state index contributed by atoms with van der Waals surface area (Å²) in [7, 11) is 1.53. The van der Waals surface area contributed by atoms with Crippen molar-refractivity contribution in [1.29, 1.82) is 0 Å². The molecule has 0 radical (unpaired) electrons. The molecule has 1 aliphatic heterocycles. The molecule has 4 nitrogen and oxygen atoms in total. The van der Waals surface area contributed by atoms with Gasteiger partial charge in [0.25, 0.3) is 0 Å². The Bertz CT molecular complexity index is 467. The second-order valence-electron chi connectivity index (χ2n) is 5.34. The van der Waals surface area contributed by atoms with E-state index in [0.717, 1.165) is 5.56 Å². The molecule has 19 heavy (non-hydrogen) atoms. The molecule has 0 bridgehead atoms. The van der Waals surface area contributed by atoms with Gasteiger partial charge in [0.2, 0.25) is 0 Å². The van der Waals surface area contributed by atoms with Gasteiger partial charge >= 0.3 is 5.97 Å². The Morgan fingerprint density at radius 3 is 2.84 bits per heavy atom. The lowest BCUT2D eigenvalue weighted by atomic mass is 9.92. The van der Waals surface area contributed by atoms with Crippen LogP contribution in [0.15, 0.2) is 18.2 Å². The maximum atomic E-state index is 12.1. The molecule has 0 unspecified atom stereocenters. The second kappa shape index (κ2) is 5.61. The first-order valence-corrected chi connectivity index (χ1v) is 6.57. The fourth-order valence-corrected chi connectivity index (χ4v) is 2.45. The molecule has 4 heteroatoms. The van der Waals surface area contributed by atoms with Gasteiger partial charge in [-0.1, -0.05) is 26.0 Å². The second-order valence-corrected chi connectivity index (χ2v) is 5.34. The van der Waals surface area contributed by atoms with Crippen molar-refractivity contribution < 1.29 is 19.4 Å². The van der Waals surface area contributed by atoms with Crippen molar-refractivity contribution in [3.05, 3.63) is 29.3 Å². The van der Waals surface area contributed by atoms with Crippen molar-refractivity contribution >= 4 is 5.97 Å². The minimum absolute atomic E-state index is 0.361. The molecular weight excluding hydrogens is 244 g/mol. The van der Waals surface area contributed by atoms with Crippen molar-refractivity contribution in [1.82, 2.24) is 0 Å². The van der Waals surface area contributed by atoms with Crippen molar-refractivity contribution in [3.63, 3.8) is 0 Å². The summed E-state index contributed by atoms with van der Waals surface area (Å²) in [6.45, 7) is 4.07. The lowest BCUT2D eigenvalue weighted by Gasteiger charge is -2.29. The van der Waals surface area contributed by atoms with Crippen LogP contribution in [0.4, 0.5) is 0 Å². The number of aliphatic hydroxyl groups excluding tert-OH is 1. The number of methoxy groups -OCH3 is 1. The van der Waals surface area contributed by atoms with Gasteiger partial charge in [-0.05, 0) is 24.0 Å². The van der Waals surface area contributed by atoms with Gasteiger partial charge in [-0.2, -0.15) is 0 Å². The van der Waals surface area contributed by atoms with Crippen LogP contribution >= 0.6 is 0 Å². The zero-order valence-corrected chi connectivity index (χ0v) is 11.6. The predicted molar refractivity (Wildman–Crippen MR) is 71.4 cm³/mol. The van der Waals surface area contributed by atoms with E-state index in [1.165, 1.54) is 7.11 Å². The molecule has 1 aliphatic rings. The first kappa shape index (κ1) is 13.9. The van der Waals surface area contributed by atoms with Crippen LogP contribution in [0.3, 0.4) is 0 Å². The van der Waals surface area contributed by atoms with Crippen LogP contribution in [0.5, 0.6) is 5.75 Å². The van der Waals surface area contributed by atoms with Crippen molar-refractivity contribution in [2.75, 3.05) is 7.11 Å². The summed E-state index contributed by atoms with van der Waals surface area (Å²) in [6, 6.07) is 5.47. The molecule has 1 heterocycles. The summed E-state index contributed by atoms with van der Waals surface area (Å²) in [5, 5.41) is 10.1. The topological polar surface area (TPSA) is 55.8 Å². The molecule has 0 amide bonds. The number of benzene rings is 1. The minimum Gasteiger partial charge on any atom is -0.496 e. The molecule has 2 atom stereocenters. The molecule has 0 spiro atoms. The largest absolute Gasteiger partial charge is 0.496 e. The number of hydrogen-bond donors (Lipinski definition) is 1. The smallest absolute Gasteiger partial charge is 0.342 e. The van der Waals surface area contributed by atoms with E-state index in [1.54, 1.807) is 6.07 Å². The summed E-state index contributed by atoms with van der Waals surface area (Å²) < 4.78 is 10.5. The summed E-state index contributed by atoms with van der Waals surface area (Å²) in [5.74, 6) is 0.478. The van der Waals surface area contributed by atoms with E-state index in [9.17, 15) is 9.90 Å². The third kappa shape index (κ3) is 2.89.